The summed E-state index contributed by atoms with van der Waals surface area (Å²) >= 11 is 0.901. The first-order valence-electron chi connectivity index (χ1n) is 8.41. The molecule has 2 aromatic carbocycles. The first kappa shape index (κ1) is 21.2. The highest BCUT2D eigenvalue weighted by atomic mass is 32.1. The molecule has 0 aliphatic carbocycles. The minimum Gasteiger partial charge on any atom is -0.321 e. The number of aromatic nitrogens is 1. The fourth-order valence-electron chi connectivity index (χ4n) is 2.38. The zero-order valence-corrected chi connectivity index (χ0v) is 16.1. The summed E-state index contributed by atoms with van der Waals surface area (Å²) in [6, 6.07) is 8.52. The van der Waals surface area contributed by atoms with E-state index in [-0.39, 0.29) is 15.7 Å². The summed E-state index contributed by atoms with van der Waals surface area (Å²) in [5, 5.41) is 7.59. The fourth-order valence-corrected chi connectivity index (χ4v) is 3.24. The van der Waals surface area contributed by atoms with Crippen molar-refractivity contribution >= 4 is 39.8 Å². The average Bonchev–Trinajstić information content (AvgIpc) is 3.03. The van der Waals surface area contributed by atoms with E-state index in [2.05, 4.69) is 20.9 Å². The quantitative estimate of drug-likeness (QED) is 0.470. The number of nitrogens with zero attached hydrogens (tertiary/aromatic N) is 1. The maximum absolute atomic E-state index is 12.9. The lowest BCUT2D eigenvalue weighted by molar-refractivity contribution is -0.137. The second kappa shape index (κ2) is 8.49. The number of halogens is 4. The summed E-state index contributed by atoms with van der Waals surface area (Å²) in [5.41, 5.74) is 0.0569. The molecule has 0 aliphatic rings. The normalized spacial score (nSPS) is 11.1. The topological polar surface area (TPSA) is 83.1 Å². The van der Waals surface area contributed by atoms with Gasteiger partial charge in [-0.25, -0.2) is 14.2 Å². The number of carbonyl (C=O) groups excluding carboxylic acids is 2. The van der Waals surface area contributed by atoms with Gasteiger partial charge in [-0.3, -0.25) is 10.1 Å². The highest BCUT2D eigenvalue weighted by Crippen LogP contribution is 2.30. The van der Waals surface area contributed by atoms with Gasteiger partial charge in [-0.2, -0.15) is 13.2 Å². The standard InChI is InChI=1S/C19H14F4N4O2S/c1-10-15(16(28)25-13-6-2-11(3-7-13)19(21,22)23)30-18(24-10)27-17(29)26-14-8-4-12(20)5-9-14/h2-9H,1H3,(H,25,28)(H2,24,26,27,29). The fraction of sp³-hybridized carbons (Fsp3) is 0.105. The van der Waals surface area contributed by atoms with Gasteiger partial charge >= 0.3 is 12.2 Å². The van der Waals surface area contributed by atoms with Crippen LogP contribution < -0.4 is 16.0 Å². The number of amides is 3. The van der Waals surface area contributed by atoms with E-state index in [1.54, 1.807) is 6.92 Å². The van der Waals surface area contributed by atoms with Crippen LogP contribution in [0, 0.1) is 12.7 Å². The molecule has 0 saturated heterocycles. The number of benzene rings is 2. The lowest BCUT2D eigenvalue weighted by Crippen LogP contribution is -2.19. The molecular formula is C19H14F4N4O2S. The van der Waals surface area contributed by atoms with Gasteiger partial charge in [-0.05, 0) is 55.5 Å². The SMILES string of the molecule is Cc1nc(NC(=O)Nc2ccc(F)cc2)sc1C(=O)Nc1ccc(C(F)(F)F)cc1. The maximum Gasteiger partial charge on any atom is 0.416 e. The molecule has 3 amide bonds. The maximum atomic E-state index is 12.9. The summed E-state index contributed by atoms with van der Waals surface area (Å²) in [6.07, 6.45) is -4.47. The Hall–Kier alpha value is -3.47. The van der Waals surface area contributed by atoms with E-state index in [1.807, 2.05) is 0 Å². The third kappa shape index (κ3) is 5.32. The molecule has 0 spiro atoms. The Balaban J connectivity index is 1.64. The van der Waals surface area contributed by atoms with Crippen LogP contribution in [0.1, 0.15) is 20.9 Å². The van der Waals surface area contributed by atoms with Crippen LogP contribution in [0.5, 0.6) is 0 Å². The molecule has 0 aliphatic heterocycles. The highest BCUT2D eigenvalue weighted by molar-refractivity contribution is 7.17. The first-order chi connectivity index (χ1) is 14.1. The van der Waals surface area contributed by atoms with E-state index in [0.717, 1.165) is 35.6 Å². The van der Waals surface area contributed by atoms with Crippen molar-refractivity contribution in [1.29, 1.82) is 0 Å². The number of urea groups is 1. The monoisotopic (exact) mass is 438 g/mol. The molecule has 0 fully saturated rings. The molecule has 11 heteroatoms. The third-order valence-corrected chi connectivity index (χ3v) is 4.87. The number of thiazole rings is 1. The minimum atomic E-state index is -4.47. The molecule has 3 N–H and O–H groups in total. The number of carbonyl (C=O) groups is 2. The molecule has 3 rings (SSSR count). The lowest BCUT2D eigenvalue weighted by atomic mass is 10.2. The molecule has 30 heavy (non-hydrogen) atoms. The predicted octanol–water partition coefficient (Wildman–Crippen LogP) is 5.51. The van der Waals surface area contributed by atoms with Crippen LogP contribution in [0.15, 0.2) is 48.5 Å². The van der Waals surface area contributed by atoms with Gasteiger partial charge in [-0.1, -0.05) is 11.3 Å². The molecule has 3 aromatic rings. The van der Waals surface area contributed by atoms with Gasteiger partial charge in [0.15, 0.2) is 5.13 Å². The number of anilines is 3. The van der Waals surface area contributed by atoms with Gasteiger partial charge in [0.1, 0.15) is 10.7 Å². The number of alkyl halides is 3. The van der Waals surface area contributed by atoms with Crippen molar-refractivity contribution in [1.82, 2.24) is 4.98 Å². The van der Waals surface area contributed by atoms with E-state index in [1.165, 1.54) is 24.3 Å². The van der Waals surface area contributed by atoms with Crippen molar-refractivity contribution < 1.29 is 27.2 Å². The lowest BCUT2D eigenvalue weighted by Gasteiger charge is -2.08. The Bertz CT molecular complexity index is 1060. The molecule has 156 valence electrons. The van der Waals surface area contributed by atoms with Crippen molar-refractivity contribution in [2.24, 2.45) is 0 Å². The largest absolute Gasteiger partial charge is 0.416 e. The van der Waals surface area contributed by atoms with Crippen LogP contribution in [0.4, 0.5) is 38.9 Å². The molecule has 6 nitrogen and oxygen atoms in total. The van der Waals surface area contributed by atoms with Crippen LogP contribution in [0.3, 0.4) is 0 Å². The molecule has 0 saturated carbocycles. The number of hydrogen-bond acceptors (Lipinski definition) is 4. The average molecular weight is 438 g/mol. The summed E-state index contributed by atoms with van der Waals surface area (Å²) in [7, 11) is 0. The Morgan fingerprint density at radius 2 is 1.47 bits per heavy atom. The van der Waals surface area contributed by atoms with Crippen LogP contribution in [0.25, 0.3) is 0 Å². The number of aryl methyl sites for hydroxylation is 1. The van der Waals surface area contributed by atoms with Crippen molar-refractivity contribution in [3.8, 4) is 0 Å². The smallest absolute Gasteiger partial charge is 0.321 e. The van der Waals surface area contributed by atoms with Gasteiger partial charge in [0.2, 0.25) is 0 Å². The molecule has 1 aromatic heterocycles. The minimum absolute atomic E-state index is 0.143. The van der Waals surface area contributed by atoms with E-state index < -0.39 is 29.5 Å². The summed E-state index contributed by atoms with van der Waals surface area (Å²) in [5.74, 6) is -1.02. The van der Waals surface area contributed by atoms with Crippen LogP contribution >= 0.6 is 11.3 Å². The number of hydrogen-bond donors (Lipinski definition) is 3. The molecule has 1 heterocycles. The van der Waals surface area contributed by atoms with E-state index in [0.29, 0.717) is 11.4 Å². The third-order valence-electron chi connectivity index (χ3n) is 3.80. The van der Waals surface area contributed by atoms with Crippen LogP contribution in [-0.4, -0.2) is 16.9 Å². The Labute approximate surface area is 172 Å². The van der Waals surface area contributed by atoms with Crippen molar-refractivity contribution in [3.05, 3.63) is 70.5 Å². The van der Waals surface area contributed by atoms with Gasteiger partial charge in [0.25, 0.3) is 5.91 Å². The van der Waals surface area contributed by atoms with E-state index in [4.69, 9.17) is 0 Å². The Morgan fingerprint density at radius 1 is 0.900 bits per heavy atom. The second-order valence-corrected chi connectivity index (χ2v) is 7.05. The Morgan fingerprint density at radius 3 is 2.07 bits per heavy atom. The van der Waals surface area contributed by atoms with Crippen LogP contribution in [0.2, 0.25) is 0 Å². The number of nitrogens with one attached hydrogen (secondary N) is 3. The summed E-state index contributed by atoms with van der Waals surface area (Å²) in [6.45, 7) is 1.56. The van der Waals surface area contributed by atoms with Gasteiger partial charge < -0.3 is 10.6 Å². The van der Waals surface area contributed by atoms with Crippen molar-refractivity contribution in [3.63, 3.8) is 0 Å². The number of rotatable bonds is 4. The molecule has 0 atom stereocenters. The molecule has 0 bridgehead atoms. The molecule has 0 radical (unpaired) electrons. The van der Waals surface area contributed by atoms with E-state index >= 15 is 0 Å². The zero-order valence-electron chi connectivity index (χ0n) is 15.3. The van der Waals surface area contributed by atoms with Gasteiger partial charge in [0, 0.05) is 11.4 Å². The highest BCUT2D eigenvalue weighted by Gasteiger charge is 2.30. The van der Waals surface area contributed by atoms with Crippen molar-refractivity contribution in [2.75, 3.05) is 16.0 Å². The first-order valence-corrected chi connectivity index (χ1v) is 9.23. The Kier molecular flexibility index (Phi) is 6.01. The zero-order chi connectivity index (χ0) is 21.9. The van der Waals surface area contributed by atoms with E-state index in [9.17, 15) is 27.2 Å². The van der Waals surface area contributed by atoms with Crippen LogP contribution in [-0.2, 0) is 6.18 Å². The second-order valence-electron chi connectivity index (χ2n) is 6.05. The summed E-state index contributed by atoms with van der Waals surface area (Å²) in [4.78, 5) is 28.7. The predicted molar refractivity (Wildman–Crippen MR) is 105 cm³/mol. The summed E-state index contributed by atoms with van der Waals surface area (Å²) < 4.78 is 50.7. The van der Waals surface area contributed by atoms with Crippen molar-refractivity contribution in [2.45, 2.75) is 13.1 Å². The molecular weight excluding hydrogens is 424 g/mol. The molecule has 0 unspecified atom stereocenters. The van der Waals surface area contributed by atoms with Gasteiger partial charge in [-0.15, -0.1) is 0 Å². The van der Waals surface area contributed by atoms with Gasteiger partial charge in [0.05, 0.1) is 11.3 Å².